The second-order valence-electron chi connectivity index (χ2n) is 5.61. The Bertz CT molecular complexity index is 517. The van der Waals surface area contributed by atoms with Crippen molar-refractivity contribution < 1.29 is 18.3 Å². The molecule has 3 N–H and O–H groups in total. The highest BCUT2D eigenvalue weighted by molar-refractivity contribution is 7.89. The predicted molar refractivity (Wildman–Crippen MR) is 70.1 cm³/mol. The van der Waals surface area contributed by atoms with E-state index in [0.29, 0.717) is 5.69 Å². The Hall–Kier alpha value is -1.41. The summed E-state index contributed by atoms with van der Waals surface area (Å²) in [7, 11) is -3.65. The van der Waals surface area contributed by atoms with Crippen molar-refractivity contribution in [3.8, 4) is 0 Å². The van der Waals surface area contributed by atoms with Crippen molar-refractivity contribution in [2.75, 3.05) is 5.75 Å². The molecule has 0 saturated carbocycles. The van der Waals surface area contributed by atoms with Gasteiger partial charge in [-0.2, -0.15) is 0 Å². The summed E-state index contributed by atoms with van der Waals surface area (Å²) in [5, 5.41) is 9.07. The van der Waals surface area contributed by atoms with E-state index in [9.17, 15) is 13.2 Å². The number of carboxylic acids is 1. The summed E-state index contributed by atoms with van der Waals surface area (Å²) in [4.78, 5) is 17.6. The average Bonchev–Trinajstić information content (AvgIpc) is 2.64. The molecule has 1 atom stereocenters. The SMILES string of the molecule is CC(C)(C)CS(=O)(=O)NC(Cc1cnc[nH]1)C(=O)O. The maximum atomic E-state index is 11.9. The zero-order valence-electron chi connectivity index (χ0n) is 11.2. The van der Waals surface area contributed by atoms with Crippen molar-refractivity contribution in [3.63, 3.8) is 0 Å². The first-order valence-electron chi connectivity index (χ1n) is 5.79. The third kappa shape index (κ3) is 5.84. The number of carbonyl (C=O) groups is 1. The van der Waals surface area contributed by atoms with E-state index in [1.54, 1.807) is 20.8 Å². The van der Waals surface area contributed by atoms with Gasteiger partial charge in [-0.05, 0) is 5.41 Å². The molecule has 7 nitrogen and oxygen atoms in total. The van der Waals surface area contributed by atoms with E-state index in [-0.39, 0.29) is 12.2 Å². The fourth-order valence-corrected chi connectivity index (χ4v) is 3.47. The van der Waals surface area contributed by atoms with Gasteiger partial charge in [0.2, 0.25) is 10.0 Å². The lowest BCUT2D eigenvalue weighted by Crippen LogP contribution is -2.45. The molecule has 1 heterocycles. The summed E-state index contributed by atoms with van der Waals surface area (Å²) >= 11 is 0. The second-order valence-corrected chi connectivity index (χ2v) is 7.36. The minimum atomic E-state index is -3.65. The number of sulfonamides is 1. The lowest BCUT2D eigenvalue weighted by Gasteiger charge is -2.20. The molecule has 0 fully saturated rings. The first-order valence-corrected chi connectivity index (χ1v) is 7.44. The molecule has 1 aromatic heterocycles. The molecule has 108 valence electrons. The van der Waals surface area contributed by atoms with Crippen LogP contribution in [-0.2, 0) is 21.2 Å². The van der Waals surface area contributed by atoms with Gasteiger partial charge >= 0.3 is 5.97 Å². The Kier molecular flexibility index (Phi) is 4.70. The lowest BCUT2D eigenvalue weighted by atomic mass is 10.0. The van der Waals surface area contributed by atoms with Crippen molar-refractivity contribution >= 4 is 16.0 Å². The third-order valence-corrected chi connectivity index (χ3v) is 4.11. The monoisotopic (exact) mass is 289 g/mol. The molecule has 0 radical (unpaired) electrons. The molecule has 0 aliphatic rings. The Balaban J connectivity index is 2.76. The molecule has 0 aliphatic carbocycles. The number of hydrogen-bond donors (Lipinski definition) is 3. The summed E-state index contributed by atoms with van der Waals surface area (Å²) < 4.78 is 26.0. The van der Waals surface area contributed by atoms with Gasteiger partial charge in [-0.15, -0.1) is 0 Å². The number of aliphatic carboxylic acids is 1. The number of nitrogens with zero attached hydrogens (tertiary/aromatic N) is 1. The third-order valence-electron chi connectivity index (χ3n) is 2.22. The van der Waals surface area contributed by atoms with Crippen LogP contribution in [0, 0.1) is 5.41 Å². The summed E-state index contributed by atoms with van der Waals surface area (Å²) in [5.41, 5.74) is 0.119. The molecule has 0 saturated heterocycles. The highest BCUT2D eigenvalue weighted by Crippen LogP contribution is 2.16. The van der Waals surface area contributed by atoms with Crippen LogP contribution in [0.3, 0.4) is 0 Å². The quantitative estimate of drug-likeness (QED) is 0.700. The van der Waals surface area contributed by atoms with Crippen molar-refractivity contribution in [1.82, 2.24) is 14.7 Å². The number of H-pyrrole nitrogens is 1. The molecule has 0 bridgehead atoms. The van der Waals surface area contributed by atoms with Crippen LogP contribution >= 0.6 is 0 Å². The maximum Gasteiger partial charge on any atom is 0.322 e. The molecular weight excluding hydrogens is 270 g/mol. The van der Waals surface area contributed by atoms with Gasteiger partial charge in [0.1, 0.15) is 6.04 Å². The molecular formula is C11H19N3O4S. The zero-order valence-corrected chi connectivity index (χ0v) is 12.0. The highest BCUT2D eigenvalue weighted by atomic mass is 32.2. The van der Waals surface area contributed by atoms with E-state index >= 15 is 0 Å². The van der Waals surface area contributed by atoms with Crippen LogP contribution in [0.15, 0.2) is 12.5 Å². The van der Waals surface area contributed by atoms with Crippen LogP contribution in [0.5, 0.6) is 0 Å². The minimum Gasteiger partial charge on any atom is -0.480 e. The largest absolute Gasteiger partial charge is 0.480 e. The van der Waals surface area contributed by atoms with Crippen molar-refractivity contribution in [1.29, 1.82) is 0 Å². The molecule has 8 heteroatoms. The topological polar surface area (TPSA) is 112 Å². The minimum absolute atomic E-state index is 0.0265. The van der Waals surface area contributed by atoms with Gasteiger partial charge in [-0.25, -0.2) is 18.1 Å². The molecule has 0 spiro atoms. The first-order chi connectivity index (χ1) is 8.59. The Morgan fingerprint density at radius 1 is 1.53 bits per heavy atom. The van der Waals surface area contributed by atoms with Gasteiger partial charge in [0.05, 0.1) is 12.1 Å². The van der Waals surface area contributed by atoms with Gasteiger partial charge in [0.15, 0.2) is 0 Å². The number of aromatic amines is 1. The normalized spacial score (nSPS) is 14.3. The van der Waals surface area contributed by atoms with Crippen LogP contribution in [0.25, 0.3) is 0 Å². The molecule has 0 aromatic carbocycles. The van der Waals surface area contributed by atoms with E-state index in [2.05, 4.69) is 14.7 Å². The number of imidazole rings is 1. The van der Waals surface area contributed by atoms with Gasteiger partial charge < -0.3 is 10.1 Å². The summed E-state index contributed by atoms with van der Waals surface area (Å²) in [6.07, 6.45) is 2.91. The Labute approximate surface area is 112 Å². The highest BCUT2D eigenvalue weighted by Gasteiger charge is 2.28. The molecule has 0 amide bonds. The summed E-state index contributed by atoms with van der Waals surface area (Å²) in [5.74, 6) is -1.35. The van der Waals surface area contributed by atoms with E-state index in [1.807, 2.05) is 0 Å². The number of nitrogens with one attached hydrogen (secondary N) is 2. The summed E-state index contributed by atoms with van der Waals surface area (Å²) in [6, 6.07) is -1.20. The standard InChI is InChI=1S/C11H19N3O4S/c1-11(2,3)6-19(17,18)14-9(10(15)16)4-8-5-12-7-13-8/h5,7,9,14H,4,6H2,1-3H3,(H,12,13)(H,15,16). The number of rotatable bonds is 6. The van der Waals surface area contributed by atoms with Gasteiger partial charge in [-0.3, -0.25) is 4.79 Å². The molecule has 1 aromatic rings. The van der Waals surface area contributed by atoms with Gasteiger partial charge in [0.25, 0.3) is 0 Å². The maximum absolute atomic E-state index is 11.9. The Morgan fingerprint density at radius 2 is 2.16 bits per heavy atom. The molecule has 19 heavy (non-hydrogen) atoms. The van der Waals surface area contributed by atoms with Crippen LogP contribution < -0.4 is 4.72 Å². The van der Waals surface area contributed by atoms with Crippen molar-refractivity contribution in [2.24, 2.45) is 5.41 Å². The van der Waals surface area contributed by atoms with Gasteiger partial charge in [-0.1, -0.05) is 20.8 Å². The average molecular weight is 289 g/mol. The van der Waals surface area contributed by atoms with Crippen LogP contribution in [-0.4, -0.2) is 41.3 Å². The zero-order chi connectivity index (χ0) is 14.7. The van der Waals surface area contributed by atoms with Gasteiger partial charge in [0, 0.05) is 18.3 Å². The van der Waals surface area contributed by atoms with E-state index in [1.165, 1.54) is 12.5 Å². The number of hydrogen-bond acceptors (Lipinski definition) is 4. The number of carboxylic acid groups (broad SMARTS) is 1. The fourth-order valence-electron chi connectivity index (χ4n) is 1.62. The van der Waals surface area contributed by atoms with E-state index < -0.39 is 27.4 Å². The van der Waals surface area contributed by atoms with Crippen LogP contribution in [0.4, 0.5) is 0 Å². The summed E-state index contributed by atoms with van der Waals surface area (Å²) in [6.45, 7) is 5.32. The Morgan fingerprint density at radius 3 is 2.58 bits per heavy atom. The smallest absolute Gasteiger partial charge is 0.322 e. The first kappa shape index (κ1) is 15.6. The molecule has 1 unspecified atom stereocenters. The van der Waals surface area contributed by atoms with Crippen molar-refractivity contribution in [3.05, 3.63) is 18.2 Å². The van der Waals surface area contributed by atoms with Crippen molar-refractivity contribution in [2.45, 2.75) is 33.2 Å². The second kappa shape index (κ2) is 5.70. The van der Waals surface area contributed by atoms with E-state index in [0.717, 1.165) is 0 Å². The fraction of sp³-hybridized carbons (Fsp3) is 0.636. The molecule has 1 rings (SSSR count). The molecule has 0 aliphatic heterocycles. The number of aromatic nitrogens is 2. The predicted octanol–water partition coefficient (Wildman–Crippen LogP) is 0.371. The van der Waals surface area contributed by atoms with Crippen LogP contribution in [0.1, 0.15) is 26.5 Å². The lowest BCUT2D eigenvalue weighted by molar-refractivity contribution is -0.138. The van der Waals surface area contributed by atoms with E-state index in [4.69, 9.17) is 5.11 Å². The van der Waals surface area contributed by atoms with Crippen LogP contribution in [0.2, 0.25) is 0 Å².